The summed E-state index contributed by atoms with van der Waals surface area (Å²) in [6.07, 6.45) is 0.0381. The average molecular weight is 371 g/mol. The molecule has 0 aliphatic carbocycles. The van der Waals surface area contributed by atoms with Gasteiger partial charge in [0.05, 0.1) is 12.8 Å². The molecule has 1 aromatic carbocycles. The number of carbonyl (C=O) groups excluding carboxylic acids is 1. The lowest BCUT2D eigenvalue weighted by Crippen LogP contribution is -2.25. The first-order valence-electron chi connectivity index (χ1n) is 8.20. The van der Waals surface area contributed by atoms with Crippen LogP contribution in [0, 0.1) is 18.6 Å². The zero-order valence-electron chi connectivity index (χ0n) is 14.5. The number of fused-ring (bicyclic) bond motifs is 1. The van der Waals surface area contributed by atoms with Crippen LogP contribution in [0.3, 0.4) is 0 Å². The SMILES string of the molecule is COc1ccc(-n2nc(C)c3c2NC(=O)CC3c2ccc(F)cc2F)nn1. The summed E-state index contributed by atoms with van der Waals surface area (Å²) in [6.45, 7) is 1.76. The lowest BCUT2D eigenvalue weighted by molar-refractivity contribution is -0.116. The van der Waals surface area contributed by atoms with E-state index in [-0.39, 0.29) is 17.9 Å². The number of halogens is 2. The fraction of sp³-hybridized carbons (Fsp3) is 0.222. The second-order valence-electron chi connectivity index (χ2n) is 6.16. The van der Waals surface area contributed by atoms with Gasteiger partial charge in [0.1, 0.15) is 17.5 Å². The number of aryl methyl sites for hydroxylation is 1. The molecule has 0 fully saturated rings. The molecule has 0 bridgehead atoms. The summed E-state index contributed by atoms with van der Waals surface area (Å²) in [5, 5.41) is 15.2. The molecule has 0 saturated carbocycles. The number of anilines is 1. The summed E-state index contributed by atoms with van der Waals surface area (Å²) in [5.41, 5.74) is 1.52. The van der Waals surface area contributed by atoms with Crippen LogP contribution in [0.4, 0.5) is 14.6 Å². The van der Waals surface area contributed by atoms with Crippen LogP contribution in [0.1, 0.15) is 29.2 Å². The Morgan fingerprint density at radius 3 is 2.70 bits per heavy atom. The number of benzene rings is 1. The fourth-order valence-corrected chi connectivity index (χ4v) is 3.30. The number of amides is 1. The summed E-state index contributed by atoms with van der Waals surface area (Å²) in [5.74, 6) is -1.12. The summed E-state index contributed by atoms with van der Waals surface area (Å²) in [7, 11) is 1.48. The minimum atomic E-state index is -0.697. The lowest BCUT2D eigenvalue weighted by atomic mass is 9.85. The monoisotopic (exact) mass is 371 g/mol. The fourth-order valence-electron chi connectivity index (χ4n) is 3.30. The molecule has 1 aliphatic heterocycles. The summed E-state index contributed by atoms with van der Waals surface area (Å²) in [4.78, 5) is 12.3. The maximum absolute atomic E-state index is 14.4. The van der Waals surface area contributed by atoms with Gasteiger partial charge < -0.3 is 10.1 Å². The van der Waals surface area contributed by atoms with Crippen molar-refractivity contribution >= 4 is 11.7 Å². The molecule has 9 heteroatoms. The predicted octanol–water partition coefficient (Wildman–Crippen LogP) is 2.73. The van der Waals surface area contributed by atoms with Crippen molar-refractivity contribution in [2.75, 3.05) is 12.4 Å². The number of hydrogen-bond acceptors (Lipinski definition) is 5. The van der Waals surface area contributed by atoms with Crippen molar-refractivity contribution in [2.45, 2.75) is 19.3 Å². The summed E-state index contributed by atoms with van der Waals surface area (Å²) in [6, 6.07) is 6.62. The molecule has 138 valence electrons. The Hall–Kier alpha value is -3.36. The quantitative estimate of drug-likeness (QED) is 0.766. The second kappa shape index (κ2) is 6.42. The Morgan fingerprint density at radius 2 is 2.04 bits per heavy atom. The molecule has 1 aliphatic rings. The van der Waals surface area contributed by atoms with Gasteiger partial charge >= 0.3 is 0 Å². The number of ether oxygens (including phenoxy) is 1. The number of carbonyl (C=O) groups is 1. The molecule has 3 heterocycles. The first kappa shape index (κ1) is 17.1. The van der Waals surface area contributed by atoms with Crippen molar-refractivity contribution in [3.05, 3.63) is 58.8 Å². The highest BCUT2D eigenvalue weighted by Crippen LogP contribution is 2.40. The largest absolute Gasteiger partial charge is 0.480 e. The molecule has 27 heavy (non-hydrogen) atoms. The third kappa shape index (κ3) is 2.90. The molecule has 7 nitrogen and oxygen atoms in total. The van der Waals surface area contributed by atoms with E-state index < -0.39 is 17.6 Å². The Kier molecular flexibility index (Phi) is 4.06. The lowest BCUT2D eigenvalue weighted by Gasteiger charge is -2.24. The molecule has 4 rings (SSSR count). The third-order valence-corrected chi connectivity index (χ3v) is 4.49. The van der Waals surface area contributed by atoms with Crippen LogP contribution < -0.4 is 10.1 Å². The number of nitrogens with zero attached hydrogens (tertiary/aromatic N) is 4. The van der Waals surface area contributed by atoms with Crippen molar-refractivity contribution in [1.29, 1.82) is 0 Å². The van der Waals surface area contributed by atoms with Crippen molar-refractivity contribution in [2.24, 2.45) is 0 Å². The van der Waals surface area contributed by atoms with Gasteiger partial charge in [-0.15, -0.1) is 10.2 Å². The zero-order valence-corrected chi connectivity index (χ0v) is 14.5. The van der Waals surface area contributed by atoms with Crippen LogP contribution >= 0.6 is 0 Å². The van der Waals surface area contributed by atoms with Crippen LogP contribution in [0.15, 0.2) is 30.3 Å². The van der Waals surface area contributed by atoms with Crippen molar-refractivity contribution in [1.82, 2.24) is 20.0 Å². The molecule has 1 amide bonds. The van der Waals surface area contributed by atoms with Gasteiger partial charge in [0.2, 0.25) is 11.8 Å². The molecular formula is C18H15F2N5O2. The predicted molar refractivity (Wildman–Crippen MR) is 91.9 cm³/mol. The standard InChI is InChI=1S/C18H15F2N5O2/c1-9-17-12(11-4-3-10(19)7-13(11)20)8-15(26)21-18(17)25(24-9)14-5-6-16(27-2)23-22-14/h3-7,12H,8H2,1-2H3,(H,21,26). The second-order valence-corrected chi connectivity index (χ2v) is 6.16. The molecule has 0 radical (unpaired) electrons. The van der Waals surface area contributed by atoms with Gasteiger partial charge in [0.25, 0.3) is 0 Å². The number of methoxy groups -OCH3 is 1. The maximum Gasteiger partial charge on any atom is 0.233 e. The average Bonchev–Trinajstić information content (AvgIpc) is 2.98. The van der Waals surface area contributed by atoms with E-state index in [2.05, 4.69) is 20.6 Å². The Bertz CT molecular complexity index is 1030. The molecule has 1 atom stereocenters. The molecule has 1 unspecified atom stereocenters. The molecule has 0 saturated heterocycles. The molecule has 1 N–H and O–H groups in total. The van der Waals surface area contributed by atoms with Crippen LogP contribution in [-0.4, -0.2) is 33.0 Å². The normalized spacial score (nSPS) is 16.0. The molecular weight excluding hydrogens is 356 g/mol. The van der Waals surface area contributed by atoms with Gasteiger partial charge in [0, 0.05) is 30.0 Å². The molecule has 2 aromatic heterocycles. The van der Waals surface area contributed by atoms with Gasteiger partial charge in [0.15, 0.2) is 5.82 Å². The molecule has 3 aromatic rings. The Balaban J connectivity index is 1.85. The highest BCUT2D eigenvalue weighted by molar-refractivity contribution is 5.95. The van der Waals surface area contributed by atoms with Gasteiger partial charge in [-0.25, -0.2) is 8.78 Å². The van der Waals surface area contributed by atoms with E-state index in [0.717, 1.165) is 6.07 Å². The summed E-state index contributed by atoms with van der Waals surface area (Å²) >= 11 is 0. The number of rotatable bonds is 3. The van der Waals surface area contributed by atoms with E-state index in [9.17, 15) is 13.6 Å². The number of hydrogen-bond donors (Lipinski definition) is 1. The minimum Gasteiger partial charge on any atom is -0.480 e. The smallest absolute Gasteiger partial charge is 0.233 e. The first-order chi connectivity index (χ1) is 13.0. The summed E-state index contributed by atoms with van der Waals surface area (Å²) < 4.78 is 34.1. The van der Waals surface area contributed by atoms with Gasteiger partial charge in [-0.3, -0.25) is 4.79 Å². The van der Waals surface area contributed by atoms with Crippen LogP contribution in [0.5, 0.6) is 5.88 Å². The Morgan fingerprint density at radius 1 is 1.22 bits per heavy atom. The maximum atomic E-state index is 14.4. The van der Waals surface area contributed by atoms with Crippen LogP contribution in [0.2, 0.25) is 0 Å². The topological polar surface area (TPSA) is 81.9 Å². The first-order valence-corrected chi connectivity index (χ1v) is 8.20. The zero-order chi connectivity index (χ0) is 19.1. The number of aromatic nitrogens is 4. The van der Waals surface area contributed by atoms with Gasteiger partial charge in [-0.1, -0.05) is 6.07 Å². The highest BCUT2D eigenvalue weighted by atomic mass is 19.1. The van der Waals surface area contributed by atoms with Crippen molar-refractivity contribution < 1.29 is 18.3 Å². The third-order valence-electron chi connectivity index (χ3n) is 4.49. The number of nitrogens with one attached hydrogen (secondary N) is 1. The van der Waals surface area contributed by atoms with E-state index in [4.69, 9.17) is 4.74 Å². The van der Waals surface area contributed by atoms with Gasteiger partial charge in [-0.05, 0) is 24.6 Å². The van der Waals surface area contributed by atoms with E-state index in [1.54, 1.807) is 19.1 Å². The Labute approximate surface area is 153 Å². The minimum absolute atomic E-state index is 0.0381. The highest BCUT2D eigenvalue weighted by Gasteiger charge is 2.34. The van der Waals surface area contributed by atoms with Crippen molar-refractivity contribution in [3.8, 4) is 11.7 Å². The van der Waals surface area contributed by atoms with Crippen LogP contribution in [0.25, 0.3) is 5.82 Å². The molecule has 0 spiro atoms. The van der Waals surface area contributed by atoms with E-state index in [0.29, 0.717) is 28.8 Å². The van der Waals surface area contributed by atoms with Gasteiger partial charge in [-0.2, -0.15) is 9.78 Å². The van der Waals surface area contributed by atoms with E-state index in [1.165, 1.54) is 23.9 Å². The van der Waals surface area contributed by atoms with E-state index >= 15 is 0 Å². The van der Waals surface area contributed by atoms with E-state index in [1.807, 2.05) is 0 Å². The van der Waals surface area contributed by atoms with Crippen LogP contribution in [-0.2, 0) is 4.79 Å². The van der Waals surface area contributed by atoms with Crippen molar-refractivity contribution in [3.63, 3.8) is 0 Å².